The summed E-state index contributed by atoms with van der Waals surface area (Å²) in [5.74, 6) is 0.655. The highest BCUT2D eigenvalue weighted by molar-refractivity contribution is 6.11. The average molecular weight is 792 g/mol. The van der Waals surface area contributed by atoms with Crippen LogP contribution in [0.1, 0.15) is 0 Å². The lowest BCUT2D eigenvalue weighted by molar-refractivity contribution is 0.979. The molecule has 0 fully saturated rings. The molecular formula is C57H37N5. The Balaban J connectivity index is 1.06. The number of benzene rings is 8. The number of rotatable bonds is 7. The smallest absolute Gasteiger partial charge is 0.160 e. The van der Waals surface area contributed by atoms with E-state index in [1.807, 2.05) is 6.07 Å². The van der Waals surface area contributed by atoms with Gasteiger partial charge in [0.15, 0.2) is 5.82 Å². The zero-order chi connectivity index (χ0) is 41.0. The van der Waals surface area contributed by atoms with Gasteiger partial charge in [0, 0.05) is 55.2 Å². The molecule has 0 spiro atoms. The highest BCUT2D eigenvalue weighted by atomic mass is 15.2. The van der Waals surface area contributed by atoms with Crippen molar-refractivity contribution >= 4 is 38.1 Å². The van der Waals surface area contributed by atoms with E-state index in [1.165, 1.54) is 16.3 Å². The van der Waals surface area contributed by atoms with E-state index >= 15 is 0 Å². The normalized spacial score (nSPS) is 11.5. The number of pyridine rings is 1. The molecule has 8 aromatic carbocycles. The van der Waals surface area contributed by atoms with Gasteiger partial charge in [0.2, 0.25) is 0 Å². The van der Waals surface area contributed by atoms with Crippen LogP contribution in [0.2, 0.25) is 0 Å². The van der Waals surface area contributed by atoms with Crippen LogP contribution in [0.5, 0.6) is 0 Å². The van der Waals surface area contributed by atoms with Crippen molar-refractivity contribution in [3.8, 4) is 73.2 Å². The van der Waals surface area contributed by atoms with Gasteiger partial charge in [0.05, 0.1) is 33.6 Å². The zero-order valence-electron chi connectivity index (χ0n) is 33.6. The summed E-state index contributed by atoms with van der Waals surface area (Å²) >= 11 is 0. The van der Waals surface area contributed by atoms with E-state index in [9.17, 15) is 0 Å². The summed E-state index contributed by atoms with van der Waals surface area (Å²) in [5, 5.41) is 10.1. The molecule has 12 rings (SSSR count). The van der Waals surface area contributed by atoms with Crippen LogP contribution >= 0.6 is 0 Å². The largest absolute Gasteiger partial charge is 0.309 e. The number of para-hydroxylation sites is 2. The van der Waals surface area contributed by atoms with Crippen LogP contribution in [0.25, 0.3) is 111 Å². The number of hydrogen-bond donors (Lipinski definition) is 0. The molecule has 0 aliphatic rings. The maximum absolute atomic E-state index is 5.45. The van der Waals surface area contributed by atoms with Gasteiger partial charge in [0.25, 0.3) is 0 Å². The first-order valence-corrected chi connectivity index (χ1v) is 20.9. The van der Waals surface area contributed by atoms with Crippen molar-refractivity contribution in [3.63, 3.8) is 0 Å². The number of hydrogen-bond acceptors (Lipinski definition) is 3. The molecule has 4 aromatic heterocycles. The first-order chi connectivity index (χ1) is 30.7. The van der Waals surface area contributed by atoms with Crippen LogP contribution in [-0.2, 0) is 0 Å². The first kappa shape index (κ1) is 35.5. The van der Waals surface area contributed by atoms with Gasteiger partial charge in [-0.2, -0.15) is 5.10 Å². The summed E-state index contributed by atoms with van der Waals surface area (Å²) in [6.45, 7) is 0. The molecule has 0 unspecified atom stereocenters. The number of aromatic nitrogens is 5. The summed E-state index contributed by atoms with van der Waals surface area (Å²) in [6, 6.07) is 79.0. The second-order valence-electron chi connectivity index (χ2n) is 15.7. The van der Waals surface area contributed by atoms with Crippen molar-refractivity contribution in [2.75, 3.05) is 0 Å². The number of fused-ring (bicyclic) bond motifs is 6. The van der Waals surface area contributed by atoms with Crippen LogP contribution in [0.15, 0.2) is 224 Å². The van der Waals surface area contributed by atoms with Gasteiger partial charge in [-0.05, 0) is 59.5 Å². The minimum Gasteiger partial charge on any atom is -0.309 e. The Labute approximate surface area is 358 Å². The van der Waals surface area contributed by atoms with Crippen molar-refractivity contribution in [3.05, 3.63) is 224 Å². The van der Waals surface area contributed by atoms with Gasteiger partial charge in [0.1, 0.15) is 5.69 Å². The highest BCUT2D eigenvalue weighted by Gasteiger charge is 2.22. The lowest BCUT2D eigenvalue weighted by atomic mass is 9.97. The third-order valence-corrected chi connectivity index (χ3v) is 11.9. The Kier molecular flexibility index (Phi) is 8.42. The molecule has 0 saturated heterocycles. The SMILES string of the molecule is c1ccc(-c2cc(-c3ccc4c(c3)c3ccccc3n4-c3ccccc3)nc(-c3cccc(-c4cc5ccccc5c5c(-c6ccccc6)c(-c6ccccc6)nn45)c3)n2)cc1. The second-order valence-corrected chi connectivity index (χ2v) is 15.7. The van der Waals surface area contributed by atoms with E-state index in [2.05, 4.69) is 227 Å². The quantitative estimate of drug-likeness (QED) is 0.162. The summed E-state index contributed by atoms with van der Waals surface area (Å²) < 4.78 is 4.48. The summed E-state index contributed by atoms with van der Waals surface area (Å²) in [5.41, 5.74) is 15.5. The molecule has 0 radical (unpaired) electrons. The second kappa shape index (κ2) is 14.7. The van der Waals surface area contributed by atoms with Crippen LogP contribution in [-0.4, -0.2) is 24.1 Å². The molecule has 5 nitrogen and oxygen atoms in total. The molecule has 4 heterocycles. The predicted octanol–water partition coefficient (Wildman–Crippen LogP) is 14.4. The molecule has 12 aromatic rings. The van der Waals surface area contributed by atoms with Gasteiger partial charge in [-0.1, -0.05) is 176 Å². The maximum Gasteiger partial charge on any atom is 0.160 e. The fraction of sp³-hybridized carbons (Fsp3) is 0. The van der Waals surface area contributed by atoms with Gasteiger partial charge in [-0.15, -0.1) is 0 Å². The molecule has 0 aliphatic carbocycles. The van der Waals surface area contributed by atoms with Gasteiger partial charge < -0.3 is 4.57 Å². The number of nitrogens with zero attached hydrogens (tertiary/aromatic N) is 5. The monoisotopic (exact) mass is 791 g/mol. The highest BCUT2D eigenvalue weighted by Crippen LogP contribution is 2.42. The third kappa shape index (κ3) is 5.98. The molecule has 290 valence electrons. The predicted molar refractivity (Wildman–Crippen MR) is 255 cm³/mol. The standard InChI is InChI=1S/C57H37N5/c1-5-18-38(19-6-1)49-37-50(42-32-33-52-48(35-42)47-30-15-16-31-51(47)61(52)45-27-11-4-12-28-45)59-57(58-49)44-26-17-25-43(34-44)53-36-41-24-13-14-29-46(41)56-54(39-20-7-2-8-21-39)55(60-62(53)56)40-22-9-3-10-23-40/h1-37H. The molecule has 62 heavy (non-hydrogen) atoms. The van der Waals surface area contributed by atoms with Crippen LogP contribution < -0.4 is 0 Å². The zero-order valence-corrected chi connectivity index (χ0v) is 33.6. The lowest BCUT2D eigenvalue weighted by Crippen LogP contribution is -1.98. The Morgan fingerprint density at radius 3 is 1.69 bits per heavy atom. The molecular weight excluding hydrogens is 755 g/mol. The average Bonchev–Trinajstić information content (AvgIpc) is 3.92. The topological polar surface area (TPSA) is 48.0 Å². The van der Waals surface area contributed by atoms with Crippen LogP contribution in [0, 0.1) is 0 Å². The fourth-order valence-electron chi connectivity index (χ4n) is 9.06. The van der Waals surface area contributed by atoms with Crippen LogP contribution in [0.4, 0.5) is 0 Å². The molecule has 0 N–H and O–H groups in total. The van der Waals surface area contributed by atoms with Crippen LogP contribution in [0.3, 0.4) is 0 Å². The van der Waals surface area contributed by atoms with Gasteiger partial charge >= 0.3 is 0 Å². The fourth-order valence-corrected chi connectivity index (χ4v) is 9.06. The lowest BCUT2D eigenvalue weighted by Gasteiger charge is -2.13. The van der Waals surface area contributed by atoms with E-state index in [1.54, 1.807) is 0 Å². The van der Waals surface area contributed by atoms with E-state index < -0.39 is 0 Å². The Morgan fingerprint density at radius 2 is 0.935 bits per heavy atom. The molecule has 0 saturated carbocycles. The van der Waals surface area contributed by atoms with Gasteiger partial charge in [-0.3, -0.25) is 0 Å². The van der Waals surface area contributed by atoms with Crippen molar-refractivity contribution < 1.29 is 0 Å². The van der Waals surface area contributed by atoms with E-state index in [0.29, 0.717) is 5.82 Å². The molecule has 0 atom stereocenters. The van der Waals surface area contributed by atoms with E-state index in [0.717, 1.165) is 89.2 Å². The van der Waals surface area contributed by atoms with Crippen molar-refractivity contribution in [1.29, 1.82) is 0 Å². The Bertz CT molecular complexity index is 3610. The summed E-state index contributed by atoms with van der Waals surface area (Å²) in [4.78, 5) is 10.6. The minimum atomic E-state index is 0.655. The van der Waals surface area contributed by atoms with E-state index in [4.69, 9.17) is 15.1 Å². The van der Waals surface area contributed by atoms with Crippen molar-refractivity contribution in [2.24, 2.45) is 0 Å². The summed E-state index contributed by atoms with van der Waals surface area (Å²) in [7, 11) is 0. The summed E-state index contributed by atoms with van der Waals surface area (Å²) in [6.07, 6.45) is 0. The van der Waals surface area contributed by atoms with Crippen molar-refractivity contribution in [1.82, 2.24) is 24.1 Å². The first-order valence-electron chi connectivity index (χ1n) is 20.9. The Morgan fingerprint density at radius 1 is 0.355 bits per heavy atom. The van der Waals surface area contributed by atoms with Gasteiger partial charge in [-0.25, -0.2) is 14.5 Å². The maximum atomic E-state index is 5.45. The molecule has 5 heteroatoms. The van der Waals surface area contributed by atoms with E-state index in [-0.39, 0.29) is 0 Å². The van der Waals surface area contributed by atoms with Crippen molar-refractivity contribution in [2.45, 2.75) is 0 Å². The third-order valence-electron chi connectivity index (χ3n) is 11.9. The molecule has 0 bridgehead atoms. The molecule has 0 amide bonds. The molecule has 0 aliphatic heterocycles. The minimum absolute atomic E-state index is 0.655. The Hall–Kier alpha value is -8.41.